The summed E-state index contributed by atoms with van der Waals surface area (Å²) in [5.74, 6) is -0.671. The Kier molecular flexibility index (Phi) is 6.29. The molecule has 7 nitrogen and oxygen atoms in total. The molecule has 0 saturated heterocycles. The van der Waals surface area contributed by atoms with Crippen molar-refractivity contribution in [3.8, 4) is 28.0 Å². The number of H-pyrrole nitrogens is 1. The number of aromatic amines is 1. The van der Waals surface area contributed by atoms with Gasteiger partial charge in [0.1, 0.15) is 23.6 Å². The topological polar surface area (TPSA) is 97.2 Å². The molecule has 11 heteroatoms. The summed E-state index contributed by atoms with van der Waals surface area (Å²) in [6.07, 6.45) is 2.78. The third-order valence-corrected chi connectivity index (χ3v) is 6.77. The van der Waals surface area contributed by atoms with Gasteiger partial charge in [0.05, 0.1) is 12.0 Å². The molecule has 0 aliphatic carbocycles. The van der Waals surface area contributed by atoms with Crippen LogP contribution in [0.1, 0.15) is 0 Å². The van der Waals surface area contributed by atoms with Gasteiger partial charge in [-0.3, -0.25) is 9.52 Å². The minimum atomic E-state index is -1.72. The second-order valence-electron chi connectivity index (χ2n) is 7.68. The number of ether oxygens (including phenoxy) is 1. The molecule has 0 fully saturated rings. The maximum Gasteiger partial charge on any atom is 0.255 e. The first-order chi connectivity index (χ1) is 17.3. The van der Waals surface area contributed by atoms with Crippen LogP contribution < -0.4 is 15.0 Å². The molecule has 3 aromatic carbocycles. The predicted octanol–water partition coefficient (Wildman–Crippen LogP) is 5.93. The number of hydrogen-bond donors (Lipinski definition) is 2. The van der Waals surface area contributed by atoms with Crippen molar-refractivity contribution in [2.75, 3.05) is 11.8 Å². The van der Waals surface area contributed by atoms with Gasteiger partial charge in [-0.05, 0) is 53.4 Å². The van der Waals surface area contributed by atoms with Crippen molar-refractivity contribution in [1.29, 1.82) is 0 Å². The van der Waals surface area contributed by atoms with E-state index >= 15 is 4.39 Å². The highest BCUT2D eigenvalue weighted by Crippen LogP contribution is 2.39. The van der Waals surface area contributed by atoms with E-state index in [4.69, 9.17) is 20.9 Å². The molecule has 0 amide bonds. The van der Waals surface area contributed by atoms with E-state index in [0.29, 0.717) is 27.2 Å². The molecule has 2 aromatic heterocycles. The van der Waals surface area contributed by atoms with Crippen molar-refractivity contribution in [3.05, 3.63) is 94.1 Å². The van der Waals surface area contributed by atoms with Crippen LogP contribution in [0.25, 0.3) is 33.0 Å². The summed E-state index contributed by atoms with van der Waals surface area (Å²) in [5, 5.41) is 4.51. The van der Waals surface area contributed by atoms with Crippen molar-refractivity contribution in [3.63, 3.8) is 0 Å². The first-order valence-electron chi connectivity index (χ1n) is 10.4. The summed E-state index contributed by atoms with van der Waals surface area (Å²) in [4.78, 5) is 15.6. The highest BCUT2D eigenvalue weighted by atomic mass is 35.5. The van der Waals surface area contributed by atoms with Crippen LogP contribution in [0.15, 0.2) is 81.3 Å². The van der Waals surface area contributed by atoms with Crippen molar-refractivity contribution >= 4 is 39.2 Å². The summed E-state index contributed by atoms with van der Waals surface area (Å²) in [6.45, 7) is 0. The Morgan fingerprint density at radius 3 is 2.58 bits per heavy atom. The minimum Gasteiger partial charge on any atom is -0.496 e. The molecular weight excluding hydrogens is 512 g/mol. The Balaban J connectivity index is 1.62. The summed E-state index contributed by atoms with van der Waals surface area (Å²) in [6, 6.07) is 12.6. The van der Waals surface area contributed by atoms with Crippen LogP contribution >= 0.6 is 11.6 Å². The Hall–Kier alpha value is -4.02. The van der Waals surface area contributed by atoms with Crippen LogP contribution in [0.4, 0.5) is 14.6 Å². The van der Waals surface area contributed by atoms with Gasteiger partial charge in [0.15, 0.2) is 16.8 Å². The lowest BCUT2D eigenvalue weighted by atomic mass is 9.96. The van der Waals surface area contributed by atoms with Crippen LogP contribution in [0.2, 0.25) is 5.02 Å². The molecule has 0 radical (unpaired) electrons. The van der Waals surface area contributed by atoms with E-state index in [9.17, 15) is 13.4 Å². The molecule has 5 rings (SSSR count). The quantitative estimate of drug-likeness (QED) is 0.285. The maximum absolute atomic E-state index is 15.3. The third-order valence-electron chi connectivity index (χ3n) is 5.48. The molecule has 1 atom stereocenters. The van der Waals surface area contributed by atoms with Crippen molar-refractivity contribution in [2.24, 2.45) is 0 Å². The number of methoxy groups -OCH3 is 1. The van der Waals surface area contributed by atoms with E-state index in [0.717, 1.165) is 6.07 Å². The standard InChI is InChI=1S/C25H16ClF2N3O4S/c1-34-23-11-18(13-6-14(26)8-15(27)7-13)22(28)10-19(23)21-12-29-25(32)20-9-16(2-3-17(20)21)36(33)31-24-4-5-35-30-24/h2-12H,1H3,(H,29,32)(H,30,31). The summed E-state index contributed by atoms with van der Waals surface area (Å²) in [5.41, 5.74) is 0.769. The largest absolute Gasteiger partial charge is 0.496 e. The molecule has 0 aliphatic rings. The van der Waals surface area contributed by atoms with Gasteiger partial charge in [0, 0.05) is 39.4 Å². The molecule has 2 heterocycles. The first-order valence-corrected chi connectivity index (χ1v) is 12.0. The van der Waals surface area contributed by atoms with Gasteiger partial charge in [-0.25, -0.2) is 13.0 Å². The average Bonchev–Trinajstić information content (AvgIpc) is 3.36. The smallest absolute Gasteiger partial charge is 0.255 e. The van der Waals surface area contributed by atoms with E-state index in [1.54, 1.807) is 12.1 Å². The molecule has 1 unspecified atom stereocenters. The molecule has 5 aromatic rings. The number of benzene rings is 3. The van der Waals surface area contributed by atoms with Crippen LogP contribution in [0.3, 0.4) is 0 Å². The maximum atomic E-state index is 15.3. The number of pyridine rings is 1. The highest BCUT2D eigenvalue weighted by molar-refractivity contribution is 7.86. The molecule has 2 N–H and O–H groups in total. The van der Waals surface area contributed by atoms with E-state index in [2.05, 4.69) is 14.9 Å². The number of nitrogens with one attached hydrogen (secondary N) is 2. The van der Waals surface area contributed by atoms with Crippen LogP contribution in [0.5, 0.6) is 5.75 Å². The second kappa shape index (κ2) is 9.56. The van der Waals surface area contributed by atoms with Gasteiger partial charge in [0.2, 0.25) is 0 Å². The molecule has 0 spiro atoms. The predicted molar refractivity (Wildman–Crippen MR) is 133 cm³/mol. The normalized spacial score (nSPS) is 12.0. The number of aromatic nitrogens is 2. The van der Waals surface area contributed by atoms with Crippen LogP contribution in [-0.4, -0.2) is 21.5 Å². The van der Waals surface area contributed by atoms with Crippen molar-refractivity contribution < 1.29 is 22.2 Å². The zero-order valence-electron chi connectivity index (χ0n) is 18.5. The number of fused-ring (bicyclic) bond motifs is 1. The Morgan fingerprint density at radius 1 is 1.03 bits per heavy atom. The fourth-order valence-corrected chi connectivity index (χ4v) is 4.91. The van der Waals surface area contributed by atoms with E-state index < -0.39 is 28.2 Å². The zero-order chi connectivity index (χ0) is 25.4. The molecule has 182 valence electrons. The summed E-state index contributed by atoms with van der Waals surface area (Å²) in [7, 11) is -0.297. The van der Waals surface area contributed by atoms with Gasteiger partial charge in [-0.2, -0.15) is 0 Å². The lowest BCUT2D eigenvalue weighted by Gasteiger charge is -2.15. The molecular formula is C25H16ClF2N3O4S. The first kappa shape index (κ1) is 23.7. The Bertz CT molecular complexity index is 1670. The van der Waals surface area contributed by atoms with Crippen molar-refractivity contribution in [1.82, 2.24) is 10.1 Å². The van der Waals surface area contributed by atoms with Crippen molar-refractivity contribution in [2.45, 2.75) is 4.90 Å². The second-order valence-corrected chi connectivity index (χ2v) is 9.33. The summed E-state index contributed by atoms with van der Waals surface area (Å²) >= 11 is 5.95. The monoisotopic (exact) mass is 527 g/mol. The molecule has 36 heavy (non-hydrogen) atoms. The van der Waals surface area contributed by atoms with Gasteiger partial charge in [-0.1, -0.05) is 22.8 Å². The summed E-state index contributed by atoms with van der Waals surface area (Å²) < 4.78 is 54.7. The molecule has 0 aliphatic heterocycles. The van der Waals surface area contributed by atoms with Crippen LogP contribution in [0, 0.1) is 11.6 Å². The number of rotatable bonds is 6. The number of hydrogen-bond acceptors (Lipinski definition) is 5. The van der Waals surface area contributed by atoms with Gasteiger partial charge in [-0.15, -0.1) is 0 Å². The Morgan fingerprint density at radius 2 is 1.86 bits per heavy atom. The van der Waals surface area contributed by atoms with E-state index in [-0.39, 0.29) is 27.4 Å². The minimum absolute atomic E-state index is 0.0994. The number of halogens is 3. The third kappa shape index (κ3) is 4.48. The fourth-order valence-electron chi connectivity index (χ4n) is 3.86. The van der Waals surface area contributed by atoms with Gasteiger partial charge in [0.25, 0.3) is 5.56 Å². The zero-order valence-corrected chi connectivity index (χ0v) is 20.0. The average molecular weight is 528 g/mol. The van der Waals surface area contributed by atoms with Gasteiger partial charge < -0.3 is 14.2 Å². The van der Waals surface area contributed by atoms with E-state index in [1.807, 2.05) is 0 Å². The van der Waals surface area contributed by atoms with Gasteiger partial charge >= 0.3 is 0 Å². The lowest BCUT2D eigenvalue weighted by Crippen LogP contribution is -2.09. The van der Waals surface area contributed by atoms with E-state index in [1.165, 1.54) is 56.0 Å². The SMILES string of the molecule is COc1cc(-c2cc(F)cc(Cl)c2)c(F)cc1-c1c[nH]c(=O)c2cc(S(=O)Nc3ccon3)ccc12. The molecule has 0 saturated carbocycles. The fraction of sp³-hybridized carbons (Fsp3) is 0.0400. The Labute approximate surface area is 210 Å². The number of anilines is 1. The molecule has 0 bridgehead atoms. The highest BCUT2D eigenvalue weighted by Gasteiger charge is 2.18. The van der Waals surface area contributed by atoms with Crippen LogP contribution in [-0.2, 0) is 11.0 Å². The number of nitrogens with zero attached hydrogens (tertiary/aromatic N) is 1. The lowest BCUT2D eigenvalue weighted by molar-refractivity contribution is 0.415.